The van der Waals surface area contributed by atoms with Crippen molar-refractivity contribution in [3.63, 3.8) is 0 Å². The summed E-state index contributed by atoms with van der Waals surface area (Å²) in [5.74, 6) is -1.47. The van der Waals surface area contributed by atoms with E-state index in [1.165, 1.54) is 0 Å². The Morgan fingerprint density at radius 3 is 2.50 bits per heavy atom. The van der Waals surface area contributed by atoms with Crippen LogP contribution >= 0.6 is 0 Å². The van der Waals surface area contributed by atoms with E-state index in [2.05, 4.69) is 0 Å². The number of ether oxygens (including phenoxy) is 1. The van der Waals surface area contributed by atoms with E-state index < -0.39 is 24.3 Å². The van der Waals surface area contributed by atoms with Gasteiger partial charge in [-0.1, -0.05) is 6.92 Å². The lowest BCUT2D eigenvalue weighted by atomic mass is 9.94. The molecule has 1 heterocycles. The van der Waals surface area contributed by atoms with Crippen molar-refractivity contribution < 1.29 is 24.9 Å². The molecule has 0 aromatic carbocycles. The summed E-state index contributed by atoms with van der Waals surface area (Å²) in [6, 6.07) is 0. The summed E-state index contributed by atoms with van der Waals surface area (Å²) in [5, 5.41) is 27.0. The Bertz CT molecular complexity index is 181. The van der Waals surface area contributed by atoms with E-state index in [1.54, 1.807) is 6.92 Å². The highest BCUT2D eigenvalue weighted by atomic mass is 16.5. The molecule has 1 aliphatic rings. The van der Waals surface area contributed by atoms with E-state index >= 15 is 0 Å². The third-order valence-electron chi connectivity index (χ3n) is 2.03. The third-order valence-corrected chi connectivity index (χ3v) is 2.03. The van der Waals surface area contributed by atoms with Crippen molar-refractivity contribution in [3.05, 3.63) is 0 Å². The molecule has 70 valence electrons. The van der Waals surface area contributed by atoms with Gasteiger partial charge in [-0.2, -0.15) is 0 Å². The highest BCUT2D eigenvalue weighted by Crippen LogP contribution is 2.19. The van der Waals surface area contributed by atoms with Crippen molar-refractivity contribution in [2.75, 3.05) is 6.61 Å². The molecule has 1 saturated heterocycles. The minimum absolute atomic E-state index is 0.162. The molecule has 1 rings (SSSR count). The first-order chi connectivity index (χ1) is 5.54. The van der Waals surface area contributed by atoms with Crippen molar-refractivity contribution >= 4 is 5.97 Å². The molecule has 5 nitrogen and oxygen atoms in total. The largest absolute Gasteiger partial charge is 0.479 e. The molecule has 0 radical (unpaired) electrons. The van der Waals surface area contributed by atoms with E-state index in [1.807, 2.05) is 0 Å². The van der Waals surface area contributed by atoms with Crippen LogP contribution in [0.2, 0.25) is 0 Å². The summed E-state index contributed by atoms with van der Waals surface area (Å²) in [6.45, 7) is 1.85. The average molecular weight is 176 g/mol. The topological polar surface area (TPSA) is 87.0 Å². The molecule has 0 aromatic heterocycles. The minimum atomic E-state index is -1.33. The maximum absolute atomic E-state index is 10.4. The molecular formula is C7H12O5. The van der Waals surface area contributed by atoms with Gasteiger partial charge in [0.25, 0.3) is 0 Å². The first kappa shape index (κ1) is 9.44. The van der Waals surface area contributed by atoms with E-state index in [-0.39, 0.29) is 12.5 Å². The van der Waals surface area contributed by atoms with Crippen LogP contribution in [0, 0.1) is 5.92 Å². The minimum Gasteiger partial charge on any atom is -0.479 e. The number of hydrogen-bond acceptors (Lipinski definition) is 4. The van der Waals surface area contributed by atoms with Gasteiger partial charge in [0.15, 0.2) is 6.10 Å². The van der Waals surface area contributed by atoms with Crippen molar-refractivity contribution in [2.24, 2.45) is 5.92 Å². The van der Waals surface area contributed by atoms with Gasteiger partial charge in [-0.05, 0) is 0 Å². The highest BCUT2D eigenvalue weighted by Gasteiger charge is 2.40. The Kier molecular flexibility index (Phi) is 2.66. The van der Waals surface area contributed by atoms with Gasteiger partial charge in [-0.3, -0.25) is 0 Å². The van der Waals surface area contributed by atoms with E-state index in [0.29, 0.717) is 0 Å². The summed E-state index contributed by atoms with van der Waals surface area (Å²) in [6.07, 6.45) is -3.64. The van der Waals surface area contributed by atoms with Crippen LogP contribution in [0.1, 0.15) is 6.92 Å². The summed E-state index contributed by atoms with van der Waals surface area (Å²) in [7, 11) is 0. The maximum Gasteiger partial charge on any atom is 0.335 e. The zero-order valence-electron chi connectivity index (χ0n) is 6.67. The van der Waals surface area contributed by atoms with Gasteiger partial charge in [-0.15, -0.1) is 0 Å². The van der Waals surface area contributed by atoms with Gasteiger partial charge >= 0.3 is 5.97 Å². The van der Waals surface area contributed by atoms with Crippen molar-refractivity contribution in [1.29, 1.82) is 0 Å². The number of aliphatic carboxylic acids is 1. The number of carboxylic acid groups (broad SMARTS) is 1. The van der Waals surface area contributed by atoms with Gasteiger partial charge in [0, 0.05) is 5.92 Å². The number of rotatable bonds is 1. The molecule has 0 spiro atoms. The molecule has 0 saturated carbocycles. The molecule has 0 aliphatic carbocycles. The molecule has 5 heteroatoms. The highest BCUT2D eigenvalue weighted by molar-refractivity contribution is 5.73. The van der Waals surface area contributed by atoms with Crippen molar-refractivity contribution in [1.82, 2.24) is 0 Å². The van der Waals surface area contributed by atoms with E-state index in [4.69, 9.17) is 9.84 Å². The molecule has 0 amide bonds. The lowest BCUT2D eigenvalue weighted by Gasteiger charge is -2.33. The number of aliphatic hydroxyl groups is 2. The first-order valence-corrected chi connectivity index (χ1v) is 3.74. The summed E-state index contributed by atoms with van der Waals surface area (Å²) < 4.78 is 4.82. The number of hydrogen-bond donors (Lipinski definition) is 3. The third kappa shape index (κ3) is 1.57. The Balaban J connectivity index is 2.65. The average Bonchev–Trinajstić information content (AvgIpc) is 2.00. The normalized spacial score (nSPS) is 42.6. The van der Waals surface area contributed by atoms with Crippen LogP contribution in [0.3, 0.4) is 0 Å². The number of aliphatic hydroxyl groups excluding tert-OH is 2. The van der Waals surface area contributed by atoms with Gasteiger partial charge in [0.05, 0.1) is 12.7 Å². The van der Waals surface area contributed by atoms with E-state index in [9.17, 15) is 15.0 Å². The quantitative estimate of drug-likeness (QED) is 0.468. The second kappa shape index (κ2) is 3.38. The fourth-order valence-corrected chi connectivity index (χ4v) is 1.19. The molecule has 1 fully saturated rings. The Morgan fingerprint density at radius 2 is 2.00 bits per heavy atom. The van der Waals surface area contributed by atoms with Crippen LogP contribution in [-0.2, 0) is 9.53 Å². The predicted octanol–water partition coefficient (Wildman–Crippen LogP) is -1.17. The Labute approximate surface area is 69.6 Å². The van der Waals surface area contributed by atoms with E-state index in [0.717, 1.165) is 0 Å². The predicted molar refractivity (Wildman–Crippen MR) is 38.6 cm³/mol. The smallest absolute Gasteiger partial charge is 0.335 e. The van der Waals surface area contributed by atoms with Crippen molar-refractivity contribution in [2.45, 2.75) is 25.2 Å². The van der Waals surface area contributed by atoms with Crippen molar-refractivity contribution in [3.8, 4) is 0 Å². The van der Waals surface area contributed by atoms with Crippen LogP contribution in [0.5, 0.6) is 0 Å². The fraction of sp³-hybridized carbons (Fsp3) is 0.857. The lowest BCUT2D eigenvalue weighted by Crippen LogP contribution is -2.52. The van der Waals surface area contributed by atoms with Crippen LogP contribution in [0.25, 0.3) is 0 Å². The van der Waals surface area contributed by atoms with Gasteiger partial charge in [0.2, 0.25) is 0 Å². The SMILES string of the molecule is CC1COC(C(=O)O)[C@H](O)[C@@H]1O. The zero-order valence-corrected chi connectivity index (χ0v) is 6.67. The second-order valence-corrected chi connectivity index (χ2v) is 3.05. The number of carboxylic acids is 1. The van der Waals surface area contributed by atoms with Gasteiger partial charge < -0.3 is 20.1 Å². The summed E-state index contributed by atoms with van der Waals surface area (Å²) in [5.41, 5.74) is 0. The first-order valence-electron chi connectivity index (χ1n) is 3.74. The fourth-order valence-electron chi connectivity index (χ4n) is 1.19. The van der Waals surface area contributed by atoms with Crippen LogP contribution in [-0.4, -0.2) is 46.2 Å². The number of carbonyl (C=O) groups is 1. The Hall–Kier alpha value is -0.650. The molecule has 0 bridgehead atoms. The second-order valence-electron chi connectivity index (χ2n) is 3.05. The van der Waals surface area contributed by atoms with Crippen LogP contribution in [0.4, 0.5) is 0 Å². The molecule has 0 aromatic rings. The molecule has 12 heavy (non-hydrogen) atoms. The lowest BCUT2D eigenvalue weighted by molar-refractivity contribution is -0.187. The summed E-state index contributed by atoms with van der Waals surface area (Å²) in [4.78, 5) is 10.4. The molecule has 1 aliphatic heterocycles. The molecule has 3 N–H and O–H groups in total. The van der Waals surface area contributed by atoms with Crippen LogP contribution < -0.4 is 0 Å². The maximum atomic E-state index is 10.4. The molecular weight excluding hydrogens is 164 g/mol. The van der Waals surface area contributed by atoms with Gasteiger partial charge in [-0.25, -0.2) is 4.79 Å². The molecule has 4 atom stereocenters. The zero-order chi connectivity index (χ0) is 9.30. The van der Waals surface area contributed by atoms with Gasteiger partial charge in [0.1, 0.15) is 6.10 Å². The monoisotopic (exact) mass is 176 g/mol. The standard InChI is InChI=1S/C7H12O5/c1-3-2-12-6(7(10)11)5(9)4(3)8/h3-6,8-9H,2H2,1H3,(H,10,11)/t3?,4-,5-,6?/m1/s1. The molecule has 2 unspecified atom stereocenters. The summed E-state index contributed by atoms with van der Waals surface area (Å²) >= 11 is 0. The Morgan fingerprint density at radius 1 is 1.42 bits per heavy atom. The van der Waals surface area contributed by atoms with Crippen LogP contribution in [0.15, 0.2) is 0 Å².